The van der Waals surface area contributed by atoms with E-state index < -0.39 is 6.61 Å². The lowest BCUT2D eigenvalue weighted by Crippen LogP contribution is -2.36. The number of nitrogens with zero attached hydrogens (tertiary/aromatic N) is 3. The third-order valence-electron chi connectivity index (χ3n) is 3.85. The van der Waals surface area contributed by atoms with E-state index in [1.54, 1.807) is 12.1 Å². The fourth-order valence-electron chi connectivity index (χ4n) is 2.54. The topological polar surface area (TPSA) is 93.8 Å². The van der Waals surface area contributed by atoms with Gasteiger partial charge in [-0.05, 0) is 33.8 Å². The number of rotatable bonds is 10. The Balaban J connectivity index is 2.04. The van der Waals surface area contributed by atoms with Gasteiger partial charge in [-0.2, -0.15) is 13.8 Å². The van der Waals surface area contributed by atoms with Crippen molar-refractivity contribution in [2.75, 3.05) is 13.2 Å². The van der Waals surface area contributed by atoms with Crippen LogP contribution in [-0.2, 0) is 17.8 Å². The highest BCUT2D eigenvalue weighted by Gasteiger charge is 2.14. The van der Waals surface area contributed by atoms with Crippen LogP contribution in [0.3, 0.4) is 0 Å². The molecule has 2 rings (SSSR count). The molecule has 1 atom stereocenters. The third-order valence-corrected chi connectivity index (χ3v) is 3.85. The molecule has 0 saturated heterocycles. The summed E-state index contributed by atoms with van der Waals surface area (Å²) in [5.41, 5.74) is 1.49. The molecule has 2 N–H and O–H groups in total. The Hall–Kier alpha value is -2.75. The minimum atomic E-state index is -2.89. The van der Waals surface area contributed by atoms with Gasteiger partial charge in [0.15, 0.2) is 11.8 Å². The number of hydrogen-bond acceptors (Lipinski definition) is 6. The normalized spacial score (nSPS) is 12.9. The van der Waals surface area contributed by atoms with Crippen LogP contribution >= 0.6 is 0 Å². The number of aromatic nitrogens is 2. The molecular formula is C19H27F2N5O3. The van der Waals surface area contributed by atoms with Crippen LogP contribution in [0.2, 0.25) is 0 Å². The monoisotopic (exact) mass is 411 g/mol. The molecule has 8 nitrogen and oxygen atoms in total. The molecule has 1 heterocycles. The van der Waals surface area contributed by atoms with Crippen molar-refractivity contribution >= 4 is 5.96 Å². The van der Waals surface area contributed by atoms with Crippen LogP contribution in [0.25, 0.3) is 0 Å². The number of alkyl halides is 2. The average molecular weight is 411 g/mol. The van der Waals surface area contributed by atoms with E-state index >= 15 is 0 Å². The molecule has 0 bridgehead atoms. The molecule has 160 valence electrons. The molecule has 0 amide bonds. The molecule has 0 fully saturated rings. The summed E-state index contributed by atoms with van der Waals surface area (Å²) in [5.74, 6) is 1.44. The Morgan fingerprint density at radius 1 is 1.28 bits per heavy atom. The Labute approximate surface area is 168 Å². The minimum Gasteiger partial charge on any atom is -0.434 e. The lowest BCUT2D eigenvalue weighted by atomic mass is 10.1. The van der Waals surface area contributed by atoms with Crippen LogP contribution in [-0.4, -0.2) is 35.9 Å². The molecule has 1 aromatic heterocycles. The lowest BCUT2D eigenvalue weighted by Gasteiger charge is -2.12. The van der Waals surface area contributed by atoms with Crippen molar-refractivity contribution in [3.63, 3.8) is 0 Å². The summed E-state index contributed by atoms with van der Waals surface area (Å²) in [6.45, 7) is 6.23. The molecule has 1 aromatic carbocycles. The van der Waals surface area contributed by atoms with Crippen molar-refractivity contribution in [2.45, 2.75) is 53.5 Å². The SMILES string of the molecule is CCNC(=NCc1cc(C)ccc1OC(F)F)NCc1nc(C(C)OCC)no1. The van der Waals surface area contributed by atoms with Crippen molar-refractivity contribution in [1.29, 1.82) is 0 Å². The van der Waals surface area contributed by atoms with E-state index in [9.17, 15) is 8.78 Å². The van der Waals surface area contributed by atoms with Crippen LogP contribution in [0.5, 0.6) is 5.75 Å². The highest BCUT2D eigenvalue weighted by molar-refractivity contribution is 5.79. The zero-order valence-corrected chi connectivity index (χ0v) is 17.0. The van der Waals surface area contributed by atoms with Gasteiger partial charge in [0, 0.05) is 18.7 Å². The summed E-state index contributed by atoms with van der Waals surface area (Å²) in [7, 11) is 0. The number of guanidine groups is 1. The van der Waals surface area contributed by atoms with Gasteiger partial charge in [0.25, 0.3) is 0 Å². The Kier molecular flexibility index (Phi) is 8.78. The second-order valence-corrected chi connectivity index (χ2v) is 6.18. The van der Waals surface area contributed by atoms with E-state index in [4.69, 9.17) is 9.26 Å². The summed E-state index contributed by atoms with van der Waals surface area (Å²) in [5, 5.41) is 10.1. The van der Waals surface area contributed by atoms with Crippen molar-refractivity contribution in [3.05, 3.63) is 41.0 Å². The van der Waals surface area contributed by atoms with Crippen LogP contribution in [0.4, 0.5) is 8.78 Å². The first-order chi connectivity index (χ1) is 13.9. The smallest absolute Gasteiger partial charge is 0.387 e. The van der Waals surface area contributed by atoms with Crippen molar-refractivity contribution in [3.8, 4) is 5.75 Å². The summed E-state index contributed by atoms with van der Waals surface area (Å²) < 4.78 is 40.5. The summed E-state index contributed by atoms with van der Waals surface area (Å²) in [4.78, 5) is 8.72. The molecule has 0 aliphatic rings. The number of benzene rings is 1. The van der Waals surface area contributed by atoms with Crippen molar-refractivity contribution < 1.29 is 22.8 Å². The first-order valence-corrected chi connectivity index (χ1v) is 9.43. The standard InChI is InChI=1S/C19H27F2N5O3/c1-5-22-19(24-11-16-25-17(26-29-16)13(4)27-6-2)23-10-14-9-12(3)7-8-15(14)28-18(20)21/h7-9,13,18H,5-6,10-11H2,1-4H3,(H2,22,23,24). The number of ether oxygens (including phenoxy) is 2. The number of halogens is 2. The molecule has 0 aliphatic heterocycles. The maximum Gasteiger partial charge on any atom is 0.387 e. The molecule has 0 aliphatic carbocycles. The van der Waals surface area contributed by atoms with E-state index in [0.717, 1.165) is 5.56 Å². The maximum absolute atomic E-state index is 12.6. The summed E-state index contributed by atoms with van der Waals surface area (Å²) in [6, 6.07) is 5.00. The van der Waals surface area contributed by atoms with E-state index in [-0.39, 0.29) is 24.9 Å². The maximum atomic E-state index is 12.6. The average Bonchev–Trinajstić information content (AvgIpc) is 3.15. The van der Waals surface area contributed by atoms with E-state index in [0.29, 0.717) is 36.4 Å². The van der Waals surface area contributed by atoms with E-state index in [1.165, 1.54) is 6.07 Å². The largest absolute Gasteiger partial charge is 0.434 e. The van der Waals surface area contributed by atoms with Crippen molar-refractivity contribution in [1.82, 2.24) is 20.8 Å². The zero-order valence-electron chi connectivity index (χ0n) is 17.0. The van der Waals surface area contributed by atoms with Gasteiger partial charge in [-0.25, -0.2) is 4.99 Å². The summed E-state index contributed by atoms with van der Waals surface area (Å²) >= 11 is 0. The number of nitrogens with one attached hydrogen (secondary N) is 2. The highest BCUT2D eigenvalue weighted by atomic mass is 19.3. The number of hydrogen-bond donors (Lipinski definition) is 2. The van der Waals surface area contributed by atoms with Crippen LogP contribution in [0.15, 0.2) is 27.7 Å². The number of aliphatic imine (C=N–C) groups is 1. The fourth-order valence-corrected chi connectivity index (χ4v) is 2.54. The van der Waals surface area contributed by atoms with Gasteiger partial charge in [-0.3, -0.25) is 0 Å². The molecule has 2 aromatic rings. The minimum absolute atomic E-state index is 0.108. The van der Waals surface area contributed by atoms with Crippen LogP contribution in [0, 0.1) is 6.92 Å². The predicted octanol–water partition coefficient (Wildman–Crippen LogP) is 3.33. The lowest BCUT2D eigenvalue weighted by molar-refractivity contribution is -0.0504. The summed E-state index contributed by atoms with van der Waals surface area (Å²) in [6.07, 6.45) is -0.256. The van der Waals surface area contributed by atoms with Gasteiger partial charge in [-0.15, -0.1) is 0 Å². The highest BCUT2D eigenvalue weighted by Crippen LogP contribution is 2.23. The van der Waals surface area contributed by atoms with E-state index in [1.807, 2.05) is 27.7 Å². The Bertz CT molecular complexity index is 798. The molecule has 0 spiro atoms. The van der Waals surface area contributed by atoms with Crippen LogP contribution < -0.4 is 15.4 Å². The third kappa shape index (κ3) is 7.30. The molecule has 10 heteroatoms. The second-order valence-electron chi connectivity index (χ2n) is 6.18. The first kappa shape index (κ1) is 22.5. The number of aryl methyl sites for hydroxylation is 1. The van der Waals surface area contributed by atoms with E-state index in [2.05, 4.69) is 30.5 Å². The van der Waals surface area contributed by atoms with Gasteiger partial charge in [0.2, 0.25) is 5.89 Å². The van der Waals surface area contributed by atoms with Gasteiger partial charge in [-0.1, -0.05) is 22.9 Å². The molecule has 0 saturated carbocycles. The Morgan fingerprint density at radius 3 is 2.76 bits per heavy atom. The Morgan fingerprint density at radius 2 is 2.07 bits per heavy atom. The molecule has 29 heavy (non-hydrogen) atoms. The molecule has 1 unspecified atom stereocenters. The second kappa shape index (κ2) is 11.3. The van der Waals surface area contributed by atoms with Crippen LogP contribution in [0.1, 0.15) is 49.7 Å². The van der Waals surface area contributed by atoms with Gasteiger partial charge < -0.3 is 24.6 Å². The van der Waals surface area contributed by atoms with Gasteiger partial charge in [0.05, 0.1) is 13.1 Å². The van der Waals surface area contributed by atoms with Crippen molar-refractivity contribution in [2.24, 2.45) is 4.99 Å². The quantitative estimate of drug-likeness (QED) is 0.457. The first-order valence-electron chi connectivity index (χ1n) is 9.43. The van der Waals surface area contributed by atoms with Gasteiger partial charge >= 0.3 is 6.61 Å². The zero-order chi connectivity index (χ0) is 21.2. The van der Waals surface area contributed by atoms with Gasteiger partial charge in [0.1, 0.15) is 11.9 Å². The molecular weight excluding hydrogens is 384 g/mol. The molecule has 0 radical (unpaired) electrons. The fraction of sp³-hybridized carbons (Fsp3) is 0.526. The predicted molar refractivity (Wildman–Crippen MR) is 104 cm³/mol.